The van der Waals surface area contributed by atoms with Crippen molar-refractivity contribution in [3.63, 3.8) is 0 Å². The molecule has 4 nitrogen and oxygen atoms in total. The Balaban J connectivity index is 2.39. The molecule has 5 heteroatoms. The Bertz CT molecular complexity index is 727. The van der Waals surface area contributed by atoms with Gasteiger partial charge < -0.3 is 5.11 Å². The van der Waals surface area contributed by atoms with Gasteiger partial charge in [0.15, 0.2) is 0 Å². The Morgan fingerprint density at radius 3 is 2.36 bits per heavy atom. The average molecular weight is 319 g/mol. The van der Waals surface area contributed by atoms with E-state index in [-0.39, 0.29) is 19.7 Å². The third-order valence-corrected chi connectivity index (χ3v) is 5.50. The van der Waals surface area contributed by atoms with Crippen LogP contribution in [0.2, 0.25) is 0 Å². The highest BCUT2D eigenvalue weighted by molar-refractivity contribution is 7.89. The van der Waals surface area contributed by atoms with Crippen LogP contribution in [0.1, 0.15) is 16.7 Å². The molecule has 0 fully saturated rings. The van der Waals surface area contributed by atoms with Crippen molar-refractivity contribution in [2.45, 2.75) is 25.3 Å². The van der Waals surface area contributed by atoms with Crippen LogP contribution < -0.4 is 0 Å². The summed E-state index contributed by atoms with van der Waals surface area (Å²) < 4.78 is 27.2. The van der Waals surface area contributed by atoms with E-state index in [1.54, 1.807) is 13.0 Å². The molecule has 0 amide bonds. The molecule has 22 heavy (non-hydrogen) atoms. The molecule has 0 atom stereocenters. The summed E-state index contributed by atoms with van der Waals surface area (Å²) in [5.41, 5.74) is 2.50. The van der Waals surface area contributed by atoms with E-state index in [0.29, 0.717) is 10.5 Å². The Kier molecular flexibility index (Phi) is 5.34. The molecule has 0 unspecified atom stereocenters. The fourth-order valence-electron chi connectivity index (χ4n) is 2.31. The van der Waals surface area contributed by atoms with Crippen LogP contribution >= 0.6 is 0 Å². The quantitative estimate of drug-likeness (QED) is 0.890. The summed E-state index contributed by atoms with van der Waals surface area (Å²) in [4.78, 5) is 0.303. The normalized spacial score (nSPS) is 11.8. The Morgan fingerprint density at radius 1 is 1.05 bits per heavy atom. The molecule has 0 saturated heterocycles. The monoisotopic (exact) mass is 319 g/mol. The number of rotatable bonds is 6. The van der Waals surface area contributed by atoms with Crippen molar-refractivity contribution in [3.8, 4) is 0 Å². The van der Waals surface area contributed by atoms with Gasteiger partial charge in [0.1, 0.15) is 0 Å². The first-order chi connectivity index (χ1) is 10.4. The third-order valence-electron chi connectivity index (χ3n) is 3.51. The number of benzene rings is 2. The predicted octanol–water partition coefficient (Wildman–Crippen LogP) is 2.49. The first kappa shape index (κ1) is 16.7. The molecule has 0 aliphatic rings. The molecule has 0 saturated carbocycles. The van der Waals surface area contributed by atoms with E-state index in [9.17, 15) is 13.5 Å². The molecule has 2 rings (SSSR count). The van der Waals surface area contributed by atoms with E-state index in [0.717, 1.165) is 11.1 Å². The van der Waals surface area contributed by atoms with Crippen molar-refractivity contribution >= 4 is 10.0 Å². The molecule has 0 aliphatic carbocycles. The lowest BCUT2D eigenvalue weighted by atomic mass is 10.2. The van der Waals surface area contributed by atoms with E-state index in [2.05, 4.69) is 0 Å². The highest BCUT2D eigenvalue weighted by Crippen LogP contribution is 2.22. The molecule has 1 N–H and O–H groups in total. The van der Waals surface area contributed by atoms with Crippen molar-refractivity contribution in [3.05, 3.63) is 65.2 Å². The first-order valence-electron chi connectivity index (χ1n) is 7.17. The van der Waals surface area contributed by atoms with Crippen LogP contribution in [-0.4, -0.2) is 31.0 Å². The minimum atomic E-state index is -3.64. The van der Waals surface area contributed by atoms with E-state index >= 15 is 0 Å². The van der Waals surface area contributed by atoms with Gasteiger partial charge in [-0.1, -0.05) is 42.5 Å². The minimum absolute atomic E-state index is 0.0740. The van der Waals surface area contributed by atoms with Crippen LogP contribution in [0.5, 0.6) is 0 Å². The van der Waals surface area contributed by atoms with Crippen molar-refractivity contribution in [1.82, 2.24) is 4.31 Å². The molecular weight excluding hydrogens is 298 g/mol. The fraction of sp³-hybridized carbons (Fsp3) is 0.294. The maximum absolute atomic E-state index is 12.9. The summed E-state index contributed by atoms with van der Waals surface area (Å²) in [5, 5.41) is 9.24. The number of aliphatic hydroxyl groups is 1. The van der Waals surface area contributed by atoms with Gasteiger partial charge in [0.2, 0.25) is 10.0 Å². The van der Waals surface area contributed by atoms with Crippen LogP contribution in [0.15, 0.2) is 53.4 Å². The zero-order chi connectivity index (χ0) is 16.2. The van der Waals surface area contributed by atoms with Crippen LogP contribution in [0.25, 0.3) is 0 Å². The van der Waals surface area contributed by atoms with E-state index in [1.807, 2.05) is 49.4 Å². The summed E-state index contributed by atoms with van der Waals surface area (Å²) >= 11 is 0. The van der Waals surface area contributed by atoms with Crippen molar-refractivity contribution in [2.24, 2.45) is 0 Å². The van der Waals surface area contributed by atoms with Gasteiger partial charge in [0, 0.05) is 13.1 Å². The summed E-state index contributed by atoms with van der Waals surface area (Å²) in [6.45, 7) is 3.76. The molecule has 2 aromatic rings. The van der Waals surface area contributed by atoms with Gasteiger partial charge >= 0.3 is 0 Å². The number of aryl methyl sites for hydroxylation is 2. The zero-order valence-electron chi connectivity index (χ0n) is 12.9. The predicted molar refractivity (Wildman–Crippen MR) is 87.0 cm³/mol. The summed E-state index contributed by atoms with van der Waals surface area (Å²) in [5.74, 6) is 0. The van der Waals surface area contributed by atoms with Gasteiger partial charge in [0.05, 0.1) is 11.5 Å². The maximum Gasteiger partial charge on any atom is 0.243 e. The van der Waals surface area contributed by atoms with Crippen LogP contribution in [-0.2, 0) is 16.6 Å². The van der Waals surface area contributed by atoms with Crippen molar-refractivity contribution < 1.29 is 13.5 Å². The van der Waals surface area contributed by atoms with Gasteiger partial charge in [0.25, 0.3) is 0 Å². The molecule has 2 aromatic carbocycles. The first-order valence-corrected chi connectivity index (χ1v) is 8.61. The summed E-state index contributed by atoms with van der Waals surface area (Å²) in [6.07, 6.45) is 0. The number of aliphatic hydroxyl groups excluding tert-OH is 1. The standard InChI is InChI=1S/C17H21NO3S/c1-14-8-9-15(2)17(12-14)22(20,21)18(10-11-19)13-16-6-4-3-5-7-16/h3-9,12,19H,10-11,13H2,1-2H3. The SMILES string of the molecule is Cc1ccc(C)c(S(=O)(=O)N(CCO)Cc2ccccc2)c1. The van der Waals surface area contributed by atoms with Crippen LogP contribution in [0, 0.1) is 13.8 Å². The second kappa shape index (κ2) is 7.05. The largest absolute Gasteiger partial charge is 0.395 e. The Labute approximate surface area is 132 Å². The topological polar surface area (TPSA) is 57.6 Å². The van der Waals surface area contributed by atoms with Gasteiger partial charge in [-0.3, -0.25) is 0 Å². The lowest BCUT2D eigenvalue weighted by Gasteiger charge is -2.22. The van der Waals surface area contributed by atoms with Crippen LogP contribution in [0.3, 0.4) is 0 Å². The second-order valence-electron chi connectivity index (χ2n) is 5.32. The van der Waals surface area contributed by atoms with E-state index in [4.69, 9.17) is 0 Å². The molecule has 0 radical (unpaired) electrons. The summed E-state index contributed by atoms with van der Waals surface area (Å²) in [7, 11) is -3.64. The molecular formula is C17H21NO3S. The lowest BCUT2D eigenvalue weighted by molar-refractivity contribution is 0.251. The van der Waals surface area contributed by atoms with E-state index in [1.165, 1.54) is 4.31 Å². The summed E-state index contributed by atoms with van der Waals surface area (Å²) in [6, 6.07) is 14.8. The number of hydrogen-bond donors (Lipinski definition) is 1. The number of sulfonamides is 1. The molecule has 0 aliphatic heterocycles. The van der Waals surface area contributed by atoms with Gasteiger partial charge in [-0.05, 0) is 36.6 Å². The fourth-order valence-corrected chi connectivity index (χ4v) is 4.04. The highest BCUT2D eigenvalue weighted by atomic mass is 32.2. The second-order valence-corrected chi connectivity index (χ2v) is 7.22. The molecule has 0 heterocycles. The van der Waals surface area contributed by atoms with Crippen molar-refractivity contribution in [1.29, 1.82) is 0 Å². The number of hydrogen-bond acceptors (Lipinski definition) is 3. The molecule has 0 aromatic heterocycles. The molecule has 118 valence electrons. The zero-order valence-corrected chi connectivity index (χ0v) is 13.7. The number of nitrogens with zero attached hydrogens (tertiary/aromatic N) is 1. The molecule has 0 spiro atoms. The van der Waals surface area contributed by atoms with E-state index < -0.39 is 10.0 Å². The maximum atomic E-state index is 12.9. The highest BCUT2D eigenvalue weighted by Gasteiger charge is 2.25. The molecule has 0 bridgehead atoms. The Hall–Kier alpha value is -1.69. The van der Waals surface area contributed by atoms with Gasteiger partial charge in [-0.25, -0.2) is 8.42 Å². The average Bonchev–Trinajstić information content (AvgIpc) is 2.50. The van der Waals surface area contributed by atoms with Gasteiger partial charge in [-0.15, -0.1) is 0 Å². The van der Waals surface area contributed by atoms with Gasteiger partial charge in [-0.2, -0.15) is 4.31 Å². The van der Waals surface area contributed by atoms with Crippen molar-refractivity contribution in [2.75, 3.05) is 13.2 Å². The van der Waals surface area contributed by atoms with Crippen LogP contribution in [0.4, 0.5) is 0 Å². The Morgan fingerprint density at radius 2 is 1.73 bits per heavy atom. The minimum Gasteiger partial charge on any atom is -0.395 e. The lowest BCUT2D eigenvalue weighted by Crippen LogP contribution is -2.33. The third kappa shape index (κ3) is 3.74. The smallest absolute Gasteiger partial charge is 0.243 e.